The van der Waals surface area contributed by atoms with Crippen LogP contribution in [0.15, 0.2) is 111 Å². The highest BCUT2D eigenvalue weighted by atomic mass is 35.5. The Hall–Kier alpha value is -4.62. The van der Waals surface area contributed by atoms with Crippen molar-refractivity contribution in [2.24, 2.45) is 0 Å². The average molecular weight is 1680 g/mol. The number of rotatable bonds is 14. The lowest BCUT2D eigenvalue weighted by atomic mass is 9.97. The fourth-order valence-electron chi connectivity index (χ4n) is 11.9. The third-order valence-corrected chi connectivity index (χ3v) is 28.7. The molecule has 0 spiro atoms. The van der Waals surface area contributed by atoms with E-state index in [-0.39, 0.29) is 89.8 Å². The summed E-state index contributed by atoms with van der Waals surface area (Å²) in [5.74, 6) is 1.38. The van der Waals surface area contributed by atoms with Crippen LogP contribution < -0.4 is 5.73 Å². The van der Waals surface area contributed by atoms with Gasteiger partial charge < -0.3 is 72.2 Å². The average Bonchev–Trinajstić information content (AvgIpc) is 1.59. The first-order valence-electron chi connectivity index (χ1n) is 35.0. The molecule has 108 heavy (non-hydrogen) atoms. The highest BCUT2D eigenvalue weighted by Gasteiger charge is 2.43. The van der Waals surface area contributed by atoms with Gasteiger partial charge in [-0.2, -0.15) is 8.42 Å². The monoisotopic (exact) mass is 1680 g/mol. The van der Waals surface area contributed by atoms with Crippen molar-refractivity contribution in [3.8, 4) is 5.75 Å². The van der Waals surface area contributed by atoms with Crippen LogP contribution in [0.2, 0.25) is 20.1 Å². The number of aromatic nitrogens is 3. The van der Waals surface area contributed by atoms with Gasteiger partial charge in [-0.25, -0.2) is 31.8 Å². The van der Waals surface area contributed by atoms with Crippen LogP contribution >= 0.6 is 69.9 Å². The predicted molar refractivity (Wildman–Crippen MR) is 417 cm³/mol. The molecule has 5 aromatic carbocycles. The molecule has 0 bridgehead atoms. The van der Waals surface area contributed by atoms with E-state index in [1.165, 1.54) is 38.5 Å². The van der Waals surface area contributed by atoms with E-state index >= 15 is 0 Å². The zero-order chi connectivity index (χ0) is 79.0. The number of aliphatic hydroxyl groups is 2. The molecule has 8 heterocycles. The first-order valence-corrected chi connectivity index (χ1v) is 42.8. The van der Waals surface area contributed by atoms with Crippen molar-refractivity contribution in [3.63, 3.8) is 0 Å². The molecule has 3 aromatic heterocycles. The molecule has 5 fully saturated rings. The van der Waals surface area contributed by atoms with E-state index in [1.807, 2.05) is 52.0 Å². The molecule has 5 N–H and O–H groups in total. The number of aromatic hydroxyl groups is 1. The van der Waals surface area contributed by atoms with Crippen molar-refractivity contribution >= 4 is 139 Å². The number of hydrogen-bond donors (Lipinski definition) is 4. The van der Waals surface area contributed by atoms with Gasteiger partial charge in [-0.15, -0.1) is 23.5 Å². The molecule has 5 aliphatic rings. The van der Waals surface area contributed by atoms with Crippen molar-refractivity contribution in [2.45, 2.75) is 200 Å². The molecule has 0 radical (unpaired) electrons. The van der Waals surface area contributed by atoms with Crippen LogP contribution in [-0.2, 0) is 88.1 Å². The maximum absolute atomic E-state index is 13.3. The van der Waals surface area contributed by atoms with Crippen molar-refractivity contribution in [3.05, 3.63) is 116 Å². The van der Waals surface area contributed by atoms with Crippen molar-refractivity contribution in [1.82, 2.24) is 15.0 Å². The summed E-state index contributed by atoms with van der Waals surface area (Å²) in [5.41, 5.74) is 9.67. The summed E-state index contributed by atoms with van der Waals surface area (Å²) in [4.78, 5) is 15.2. The van der Waals surface area contributed by atoms with Crippen molar-refractivity contribution in [2.75, 3.05) is 93.1 Å². The van der Waals surface area contributed by atoms with Crippen LogP contribution in [0.4, 0.5) is 5.69 Å². The van der Waals surface area contributed by atoms with Crippen molar-refractivity contribution < 1.29 is 95.9 Å². The van der Waals surface area contributed by atoms with Gasteiger partial charge in [-0.3, -0.25) is 4.18 Å². The summed E-state index contributed by atoms with van der Waals surface area (Å²) in [5, 5.41) is 29.8. The van der Waals surface area contributed by atoms with Crippen LogP contribution in [0.3, 0.4) is 0 Å². The lowest BCUT2D eigenvalue weighted by Gasteiger charge is -2.30. The van der Waals surface area contributed by atoms with Crippen molar-refractivity contribution in [1.29, 1.82) is 0 Å². The van der Waals surface area contributed by atoms with Gasteiger partial charge in [-0.1, -0.05) is 126 Å². The summed E-state index contributed by atoms with van der Waals surface area (Å²) < 4.78 is 141. The minimum absolute atomic E-state index is 0.0105. The molecular formula is C74H96Cl4N4O21S5. The first-order chi connectivity index (χ1) is 50.8. The fraction of sp³-hybridized carbons (Fsp3) is 0.554. The molecule has 0 saturated carbocycles. The molecule has 10 atom stereocenters. The fourth-order valence-corrected chi connectivity index (χ4v) is 21.1. The number of nitrogen functional groups attached to an aromatic ring is 1. The number of methoxy groups -OCH3 is 3. The lowest BCUT2D eigenvalue weighted by molar-refractivity contribution is -0.0730. The highest BCUT2D eigenvalue weighted by molar-refractivity contribution is 8.00. The van der Waals surface area contributed by atoms with Crippen LogP contribution in [0.25, 0.3) is 33.3 Å². The molecule has 0 amide bonds. The molecule has 0 unspecified atom stereocenters. The number of phenols is 1. The number of nitrogens with zero attached hydrogens (tertiary/aromatic N) is 3. The number of oxazole rings is 3. The summed E-state index contributed by atoms with van der Waals surface area (Å²) in [6.45, 7) is 24.2. The number of thioether (sulfide) groups is 2. The van der Waals surface area contributed by atoms with Gasteiger partial charge in [0.05, 0.1) is 108 Å². The number of benzene rings is 5. The normalized spacial score (nSPS) is 23.3. The molecule has 5 saturated heterocycles. The summed E-state index contributed by atoms with van der Waals surface area (Å²) in [7, 11) is -6.86. The van der Waals surface area contributed by atoms with Gasteiger partial charge in [0.2, 0.25) is 17.7 Å². The van der Waals surface area contributed by atoms with Crippen LogP contribution in [-0.4, -0.2) is 201 Å². The molecule has 25 nitrogen and oxygen atoms in total. The summed E-state index contributed by atoms with van der Waals surface area (Å²) in [6, 6.07) is 19.9. The van der Waals surface area contributed by atoms with Gasteiger partial charge in [0, 0.05) is 87.5 Å². The largest absolute Gasteiger partial charge is 0.504 e. The van der Waals surface area contributed by atoms with E-state index in [1.54, 1.807) is 54.9 Å². The molecule has 596 valence electrons. The van der Waals surface area contributed by atoms with Crippen LogP contribution in [0.5, 0.6) is 5.75 Å². The zero-order valence-corrected chi connectivity index (χ0v) is 69.6. The van der Waals surface area contributed by atoms with E-state index in [4.69, 9.17) is 107 Å². The van der Waals surface area contributed by atoms with Gasteiger partial charge in [0.15, 0.2) is 42.2 Å². The molecule has 13 rings (SSSR count). The molecule has 8 aromatic rings. The predicted octanol–water partition coefficient (Wildman–Crippen LogP) is 14.1. The van der Waals surface area contributed by atoms with E-state index < -0.39 is 76.6 Å². The second-order valence-corrected chi connectivity index (χ2v) is 39.4. The Kier molecular flexibility index (Phi) is 30.0. The smallest absolute Gasteiger partial charge is 0.297 e. The van der Waals surface area contributed by atoms with E-state index in [2.05, 4.69) is 56.5 Å². The second kappa shape index (κ2) is 37.1. The minimum Gasteiger partial charge on any atom is -0.504 e. The number of fused-ring (bicyclic) bond motifs is 3. The number of hydrogen-bond acceptors (Lipinski definition) is 27. The molecule has 5 aliphatic heterocycles. The van der Waals surface area contributed by atoms with Crippen LogP contribution in [0.1, 0.15) is 118 Å². The van der Waals surface area contributed by atoms with E-state index in [9.17, 15) is 40.6 Å². The number of sulfone groups is 2. The first kappa shape index (κ1) is 87.3. The SMILES string of the molecule is CC(C)(C)c1nc2ccc(Cl)c(S[C@@H]3CCOC[C@H]3O)c2o1.CO[C@@H]1COCC[C@H]1S(=O)(=O)c1c(Cl)ccc(N)c1O.CO[C@@H]1COCC[C@H]1S(=O)(=O)c1c(Cl)ccc2nc(C(C)(C)C)oc12.CO[C@@H]1COCC[C@H]1Sc1c(Cl)ccc2nc(C(C)(C)C)oc12.Cc1ccc(S(=O)(=O)O[C@H]2CCOC[C@H]2O)cc1. The molecule has 34 heteroatoms. The van der Waals surface area contributed by atoms with Gasteiger partial charge >= 0.3 is 0 Å². The maximum Gasteiger partial charge on any atom is 0.297 e. The Labute approximate surface area is 659 Å². The van der Waals surface area contributed by atoms with Crippen LogP contribution in [0, 0.1) is 6.92 Å². The number of halogens is 4. The van der Waals surface area contributed by atoms with Gasteiger partial charge in [-0.05, 0) is 93.3 Å². The number of ether oxygens (including phenoxy) is 8. The number of anilines is 1. The highest BCUT2D eigenvalue weighted by Crippen LogP contribution is 2.45. The van der Waals surface area contributed by atoms with E-state index in [0.29, 0.717) is 90.7 Å². The Balaban J connectivity index is 0.000000156. The van der Waals surface area contributed by atoms with Gasteiger partial charge in [0.1, 0.15) is 38.5 Å². The molecule has 0 aliphatic carbocycles. The quantitative estimate of drug-likeness (QED) is 0.0446. The zero-order valence-electron chi connectivity index (χ0n) is 62.5. The standard InChI is InChI=1S/C17H22ClNO5S.C17H22ClNO3S.C16H20ClNO3S.C12H16ClNO5S.C12H16O5S/c1-17(2,3)16-19-11-6-5-10(18)15(14(11)24-16)25(20,21)13-7-8-23-9-12(13)22-4;1-17(2,3)16-19-11-6-5-10(18)15(14(11)22-16)23-13-7-8-21-9-12(13)20-4;1-16(2,3)15-18-10-5-4-9(17)14(13(10)21-15)22-12-6-7-20-8-11(12)19;1-18-9-6-19-5-4-10(9)20(16,17)12-7(13)2-3-8(14)11(12)15;1-9-2-4-10(5-3-9)18(14,15)17-12-6-7-16-8-11(12)13/h5-6,12-13H,7-9H2,1-4H3;5-6,12-13H,7-9H2,1-4H3;4-5,11-12,19H,6-8H2,1-3H3;2-3,9-10,15H,4-6,14H2,1H3;2-5,11-13H,6-8H2,1H3/t2*12-,13-;11-,12-;9-,10-;11-,12+/m11111/s1. The number of aliphatic hydroxyl groups excluding tert-OH is 2. The summed E-state index contributed by atoms with van der Waals surface area (Å²) >= 11 is 28.3. The minimum atomic E-state index is -3.87. The lowest BCUT2D eigenvalue weighted by Crippen LogP contribution is -2.43. The second-order valence-electron chi connectivity index (χ2n) is 29.5. The molecular weight excluding hydrogens is 1580 g/mol. The number of aryl methyl sites for hydroxylation is 1. The summed E-state index contributed by atoms with van der Waals surface area (Å²) in [6.07, 6.45) is -0.523. The Morgan fingerprint density at radius 1 is 0.463 bits per heavy atom. The third-order valence-electron chi connectivity index (χ3n) is 18.1. The van der Waals surface area contributed by atoms with Gasteiger partial charge in [0.25, 0.3) is 10.1 Å². The topological polar surface area (TPSA) is 350 Å². The maximum atomic E-state index is 13.3. The van der Waals surface area contributed by atoms with E-state index in [0.717, 1.165) is 57.3 Å². The number of nitrogens with two attached hydrogens (primary N) is 1. The third kappa shape index (κ3) is 21.2. The number of phenolic OH excluding ortho intramolecular Hbond substituents is 1. The Morgan fingerprint density at radius 2 is 0.843 bits per heavy atom. The Morgan fingerprint density at radius 3 is 1.31 bits per heavy atom. The Bertz CT molecular complexity index is 4720.